The fourth-order valence-electron chi connectivity index (χ4n) is 1.13. The maximum absolute atomic E-state index is 10.6. The molecule has 1 N–H and O–H groups in total. The van der Waals surface area contributed by atoms with Crippen LogP contribution in [0.1, 0.15) is 5.56 Å². The summed E-state index contributed by atoms with van der Waals surface area (Å²) in [6, 6.07) is 5.22. The van der Waals surface area contributed by atoms with Gasteiger partial charge in [0.2, 0.25) is 0 Å². The zero-order valence-electron chi connectivity index (χ0n) is 8.04. The van der Waals surface area contributed by atoms with Crippen LogP contribution in [0.2, 0.25) is 5.02 Å². The van der Waals surface area contributed by atoms with Crippen molar-refractivity contribution in [1.82, 2.24) is 0 Å². The Kier molecular flexibility index (Phi) is 4.42. The van der Waals surface area contributed by atoms with Gasteiger partial charge in [-0.3, -0.25) is 4.79 Å². The number of hydrogen-bond donors (Lipinski definition) is 1. The SMILES string of the molecule is COc1ccc(C[C@H](Br)C(=O)O)cc1Cl. The second-order valence-electron chi connectivity index (χ2n) is 2.98. The summed E-state index contributed by atoms with van der Waals surface area (Å²) in [7, 11) is 1.53. The normalized spacial score (nSPS) is 12.2. The number of aliphatic carboxylic acids is 1. The molecule has 0 unspecified atom stereocenters. The molecule has 82 valence electrons. The minimum absolute atomic E-state index is 0.388. The van der Waals surface area contributed by atoms with E-state index in [-0.39, 0.29) is 0 Å². The molecule has 0 spiro atoms. The van der Waals surface area contributed by atoms with Crippen LogP contribution < -0.4 is 4.74 Å². The van der Waals surface area contributed by atoms with Gasteiger partial charge in [-0.2, -0.15) is 0 Å². The first kappa shape index (κ1) is 12.3. The predicted molar refractivity (Wildman–Crippen MR) is 62.1 cm³/mol. The first-order valence-electron chi connectivity index (χ1n) is 4.24. The molecular weight excluding hydrogens is 283 g/mol. The average molecular weight is 294 g/mol. The quantitative estimate of drug-likeness (QED) is 0.868. The number of ether oxygens (including phenoxy) is 1. The van der Waals surface area contributed by atoms with Crippen LogP contribution >= 0.6 is 27.5 Å². The minimum Gasteiger partial charge on any atom is -0.495 e. The van der Waals surface area contributed by atoms with E-state index in [2.05, 4.69) is 15.9 Å². The van der Waals surface area contributed by atoms with Crippen molar-refractivity contribution in [2.24, 2.45) is 0 Å². The molecule has 0 aliphatic heterocycles. The highest BCUT2D eigenvalue weighted by Crippen LogP contribution is 2.26. The lowest BCUT2D eigenvalue weighted by molar-refractivity contribution is -0.136. The number of methoxy groups -OCH3 is 1. The van der Waals surface area contributed by atoms with Gasteiger partial charge in [-0.05, 0) is 24.1 Å². The van der Waals surface area contributed by atoms with Crippen LogP contribution in [0.3, 0.4) is 0 Å². The molecule has 1 atom stereocenters. The molecule has 3 nitrogen and oxygen atoms in total. The molecule has 0 fully saturated rings. The van der Waals surface area contributed by atoms with E-state index in [9.17, 15) is 4.79 Å². The van der Waals surface area contributed by atoms with Gasteiger partial charge in [0.25, 0.3) is 0 Å². The second kappa shape index (κ2) is 5.37. The van der Waals surface area contributed by atoms with E-state index < -0.39 is 10.8 Å². The van der Waals surface area contributed by atoms with Crippen LogP contribution in [0.15, 0.2) is 18.2 Å². The first-order valence-corrected chi connectivity index (χ1v) is 5.53. The highest BCUT2D eigenvalue weighted by atomic mass is 79.9. The molecule has 0 aliphatic carbocycles. The van der Waals surface area contributed by atoms with Gasteiger partial charge in [0.1, 0.15) is 10.6 Å². The molecule has 0 aliphatic rings. The Morgan fingerprint density at radius 2 is 2.33 bits per heavy atom. The van der Waals surface area contributed by atoms with Crippen molar-refractivity contribution in [3.8, 4) is 5.75 Å². The molecule has 0 amide bonds. The van der Waals surface area contributed by atoms with Crippen molar-refractivity contribution in [2.45, 2.75) is 11.2 Å². The van der Waals surface area contributed by atoms with Gasteiger partial charge in [0.05, 0.1) is 12.1 Å². The summed E-state index contributed by atoms with van der Waals surface area (Å²) in [5, 5.41) is 9.20. The van der Waals surface area contributed by atoms with Crippen LogP contribution in [0.5, 0.6) is 5.75 Å². The van der Waals surface area contributed by atoms with E-state index in [4.69, 9.17) is 21.4 Å². The number of hydrogen-bond acceptors (Lipinski definition) is 2. The van der Waals surface area contributed by atoms with Crippen molar-refractivity contribution in [3.63, 3.8) is 0 Å². The van der Waals surface area contributed by atoms with Gasteiger partial charge in [-0.15, -0.1) is 0 Å². The summed E-state index contributed by atoms with van der Waals surface area (Å²) in [6.45, 7) is 0. The smallest absolute Gasteiger partial charge is 0.317 e. The standard InChI is InChI=1S/C10H10BrClO3/c1-15-9-3-2-6(5-8(9)12)4-7(11)10(13)14/h2-3,5,7H,4H2,1H3,(H,13,14)/t7-/m0/s1. The van der Waals surface area contributed by atoms with Crippen LogP contribution in [-0.2, 0) is 11.2 Å². The Balaban J connectivity index is 2.79. The van der Waals surface area contributed by atoms with Crippen molar-refractivity contribution in [1.29, 1.82) is 0 Å². The Bertz CT molecular complexity index is 368. The molecule has 1 aromatic carbocycles. The lowest BCUT2D eigenvalue weighted by Gasteiger charge is -2.07. The lowest BCUT2D eigenvalue weighted by Crippen LogP contribution is -2.15. The number of rotatable bonds is 4. The monoisotopic (exact) mass is 292 g/mol. The molecule has 1 rings (SSSR count). The molecule has 1 aromatic rings. The van der Waals surface area contributed by atoms with Gasteiger partial charge in [-0.1, -0.05) is 33.6 Å². The molecule has 0 aromatic heterocycles. The summed E-state index contributed by atoms with van der Waals surface area (Å²) in [6.07, 6.45) is 0.388. The lowest BCUT2D eigenvalue weighted by atomic mass is 10.1. The number of alkyl halides is 1. The van der Waals surface area contributed by atoms with Crippen molar-refractivity contribution < 1.29 is 14.6 Å². The summed E-state index contributed by atoms with van der Waals surface area (Å²) in [4.78, 5) is 10.0. The maximum atomic E-state index is 10.6. The van der Waals surface area contributed by atoms with Crippen molar-refractivity contribution >= 4 is 33.5 Å². The second-order valence-corrected chi connectivity index (χ2v) is 4.49. The molecule has 15 heavy (non-hydrogen) atoms. The Morgan fingerprint density at radius 1 is 1.67 bits per heavy atom. The topological polar surface area (TPSA) is 46.5 Å². The molecule has 0 saturated carbocycles. The summed E-state index contributed by atoms with van der Waals surface area (Å²) in [5.74, 6) is -0.302. The zero-order chi connectivity index (χ0) is 11.4. The van der Waals surface area contributed by atoms with E-state index in [1.165, 1.54) is 7.11 Å². The van der Waals surface area contributed by atoms with Crippen LogP contribution in [0.25, 0.3) is 0 Å². The van der Waals surface area contributed by atoms with Crippen LogP contribution in [0.4, 0.5) is 0 Å². The van der Waals surface area contributed by atoms with Crippen LogP contribution in [0, 0.1) is 0 Å². The number of carbonyl (C=O) groups is 1. The highest BCUT2D eigenvalue weighted by molar-refractivity contribution is 9.10. The van der Waals surface area contributed by atoms with Gasteiger partial charge in [0, 0.05) is 0 Å². The van der Waals surface area contributed by atoms with E-state index in [1.54, 1.807) is 18.2 Å². The number of carboxylic acid groups (broad SMARTS) is 1. The molecular formula is C10H10BrClO3. The molecule has 0 radical (unpaired) electrons. The summed E-state index contributed by atoms with van der Waals surface area (Å²) >= 11 is 8.97. The molecule has 0 heterocycles. The maximum Gasteiger partial charge on any atom is 0.317 e. The van der Waals surface area contributed by atoms with E-state index >= 15 is 0 Å². The first-order chi connectivity index (χ1) is 7.04. The van der Waals surface area contributed by atoms with E-state index in [1.807, 2.05) is 0 Å². The number of halogens is 2. The fraction of sp³-hybridized carbons (Fsp3) is 0.300. The van der Waals surface area contributed by atoms with Gasteiger partial charge in [0.15, 0.2) is 0 Å². The predicted octanol–water partition coefficient (Wildman–Crippen LogP) is 2.74. The number of benzene rings is 1. The summed E-state index contributed by atoms with van der Waals surface area (Å²) < 4.78 is 4.99. The van der Waals surface area contributed by atoms with Crippen molar-refractivity contribution in [3.05, 3.63) is 28.8 Å². The highest BCUT2D eigenvalue weighted by Gasteiger charge is 2.14. The Morgan fingerprint density at radius 3 is 2.80 bits per heavy atom. The minimum atomic E-state index is -0.887. The third kappa shape index (κ3) is 3.39. The van der Waals surface area contributed by atoms with Gasteiger partial charge in [-0.25, -0.2) is 0 Å². The largest absolute Gasteiger partial charge is 0.495 e. The summed E-state index contributed by atoms with van der Waals surface area (Å²) in [5.41, 5.74) is 0.852. The average Bonchev–Trinajstić information content (AvgIpc) is 2.18. The Labute approximate surface area is 101 Å². The van der Waals surface area contributed by atoms with E-state index in [0.717, 1.165) is 5.56 Å². The molecule has 5 heteroatoms. The Hall–Kier alpha value is -0.740. The van der Waals surface area contributed by atoms with Crippen LogP contribution in [-0.4, -0.2) is 23.0 Å². The van der Waals surface area contributed by atoms with Gasteiger partial charge < -0.3 is 9.84 Å². The molecule has 0 bridgehead atoms. The van der Waals surface area contributed by atoms with Crippen molar-refractivity contribution in [2.75, 3.05) is 7.11 Å². The van der Waals surface area contributed by atoms with E-state index in [0.29, 0.717) is 17.2 Å². The van der Waals surface area contributed by atoms with Gasteiger partial charge >= 0.3 is 5.97 Å². The number of carboxylic acids is 1. The third-order valence-corrected chi connectivity index (χ3v) is 2.91. The zero-order valence-corrected chi connectivity index (χ0v) is 10.4. The molecule has 0 saturated heterocycles. The fourth-order valence-corrected chi connectivity index (χ4v) is 1.79. The third-order valence-electron chi connectivity index (χ3n) is 1.90.